The van der Waals surface area contributed by atoms with Crippen LogP contribution in [0, 0.1) is 0 Å². The summed E-state index contributed by atoms with van der Waals surface area (Å²) < 4.78 is 28.8. The zero-order valence-corrected chi connectivity index (χ0v) is 23.1. The second-order valence-corrected chi connectivity index (χ2v) is 9.91. The first-order valence-corrected chi connectivity index (χ1v) is 13.4. The van der Waals surface area contributed by atoms with Crippen molar-refractivity contribution in [3.8, 4) is 34.3 Å². The third-order valence-electron chi connectivity index (χ3n) is 6.02. The minimum absolute atomic E-state index is 0.118. The van der Waals surface area contributed by atoms with Crippen LogP contribution in [0.1, 0.15) is 6.42 Å². The van der Waals surface area contributed by atoms with E-state index in [0.29, 0.717) is 51.0 Å². The highest BCUT2D eigenvalue weighted by Gasteiger charge is 2.22. The van der Waals surface area contributed by atoms with Crippen molar-refractivity contribution in [2.75, 3.05) is 33.7 Å². The van der Waals surface area contributed by atoms with E-state index < -0.39 is 0 Å². The smallest absolute Gasteiger partial charge is 0.235 e. The van der Waals surface area contributed by atoms with Crippen molar-refractivity contribution in [3.63, 3.8) is 0 Å². The summed E-state index contributed by atoms with van der Waals surface area (Å²) in [6.07, 6.45) is 2.19. The van der Waals surface area contributed by atoms with E-state index in [1.807, 2.05) is 18.2 Å². The molecule has 0 bridgehead atoms. The maximum Gasteiger partial charge on any atom is 0.235 e. The number of hydrogen-bond acceptors (Lipinski definition) is 9. The molecule has 10 heteroatoms. The van der Waals surface area contributed by atoms with Crippen molar-refractivity contribution in [3.05, 3.63) is 76.2 Å². The van der Waals surface area contributed by atoms with Gasteiger partial charge in [-0.1, -0.05) is 23.7 Å². The molecule has 39 heavy (non-hydrogen) atoms. The van der Waals surface area contributed by atoms with Crippen molar-refractivity contribution in [2.45, 2.75) is 11.4 Å². The summed E-state index contributed by atoms with van der Waals surface area (Å²) in [7, 11) is 4.59. The van der Waals surface area contributed by atoms with Crippen LogP contribution in [-0.4, -0.2) is 43.7 Å². The highest BCUT2D eigenvalue weighted by molar-refractivity contribution is 7.99. The van der Waals surface area contributed by atoms with E-state index in [1.165, 1.54) is 21.3 Å². The number of ether oxygens (including phenoxy) is 4. The number of thioether (sulfide) groups is 1. The van der Waals surface area contributed by atoms with Crippen molar-refractivity contribution >= 4 is 45.2 Å². The Kier molecular flexibility index (Phi) is 8.09. The van der Waals surface area contributed by atoms with Gasteiger partial charge in [0.25, 0.3) is 0 Å². The Morgan fingerprint density at radius 1 is 0.897 bits per heavy atom. The van der Waals surface area contributed by atoms with Gasteiger partial charge in [0.2, 0.25) is 16.9 Å². The van der Waals surface area contributed by atoms with Crippen molar-refractivity contribution in [1.29, 1.82) is 0 Å². The monoisotopic (exact) mass is 564 g/mol. The molecule has 0 saturated carbocycles. The Labute approximate surface area is 233 Å². The third kappa shape index (κ3) is 5.46. The van der Waals surface area contributed by atoms with E-state index >= 15 is 0 Å². The van der Waals surface area contributed by atoms with Gasteiger partial charge in [-0.05, 0) is 48.9 Å². The molecule has 8 nitrogen and oxygen atoms in total. The molecule has 3 aromatic carbocycles. The first-order valence-electron chi connectivity index (χ1n) is 12.1. The quantitative estimate of drug-likeness (QED) is 0.105. The molecule has 0 N–H and O–H groups in total. The lowest BCUT2D eigenvalue weighted by Gasteiger charge is -2.16. The predicted molar refractivity (Wildman–Crippen MR) is 153 cm³/mol. The van der Waals surface area contributed by atoms with E-state index in [4.69, 9.17) is 35.0 Å². The summed E-state index contributed by atoms with van der Waals surface area (Å²) in [6.45, 7) is 0.289. The Morgan fingerprint density at radius 3 is 2.41 bits per heavy atom. The lowest BCUT2D eigenvalue weighted by molar-refractivity contribution is 0.309. The molecule has 200 valence electrons. The topological polar surface area (TPSA) is 92.9 Å². The minimum atomic E-state index is -0.260. The second kappa shape index (κ2) is 11.8. The molecular weight excluding hydrogens is 540 g/mol. The molecule has 0 aliphatic carbocycles. The fourth-order valence-electron chi connectivity index (χ4n) is 4.18. The van der Waals surface area contributed by atoms with Crippen LogP contribution in [0.5, 0.6) is 23.0 Å². The number of para-hydroxylation sites is 1. The number of rotatable bonds is 10. The maximum atomic E-state index is 13.5. The fraction of sp³-hybridized carbons (Fsp3) is 0.207. The normalized spacial score (nSPS) is 11.1. The van der Waals surface area contributed by atoms with Gasteiger partial charge in [0.05, 0.1) is 38.8 Å². The fourth-order valence-corrected chi connectivity index (χ4v) is 5.25. The molecule has 0 aliphatic heterocycles. The summed E-state index contributed by atoms with van der Waals surface area (Å²) in [5.74, 6) is 2.40. The summed E-state index contributed by atoms with van der Waals surface area (Å²) >= 11 is 7.75. The number of hydrogen-bond donors (Lipinski definition) is 0. The van der Waals surface area contributed by atoms with E-state index in [9.17, 15) is 4.79 Å². The maximum absolute atomic E-state index is 13.5. The molecule has 0 fully saturated rings. The molecule has 0 spiro atoms. The number of halogens is 1. The first kappa shape index (κ1) is 26.6. The van der Waals surface area contributed by atoms with Crippen LogP contribution < -0.4 is 24.4 Å². The number of benzene rings is 3. The van der Waals surface area contributed by atoms with Gasteiger partial charge in [-0.2, -0.15) is 0 Å². The Morgan fingerprint density at radius 2 is 1.67 bits per heavy atom. The molecule has 5 rings (SSSR count). The van der Waals surface area contributed by atoms with Crippen LogP contribution in [0.15, 0.2) is 75.2 Å². The molecule has 2 aromatic heterocycles. The SMILES string of the molecule is COc1cc(-c2oc3ccccc3c(=O)c2OCCCSc2ncnc3ccc(Cl)cc23)cc(OC)c1OC. The number of methoxy groups -OCH3 is 3. The average Bonchev–Trinajstić information content (AvgIpc) is 2.97. The van der Waals surface area contributed by atoms with E-state index in [0.717, 1.165) is 15.9 Å². The van der Waals surface area contributed by atoms with E-state index in [1.54, 1.807) is 54.5 Å². The standard InChI is InChI=1S/C29H25ClN2O6S/c1-34-23-13-17(14-24(35-2)27(23)36-3)26-28(25(33)19-7-4-5-8-22(19)38-26)37-11-6-12-39-29-20-15-18(30)9-10-21(20)31-16-32-29/h4-5,7-10,13-16H,6,11-12H2,1-3H3. The van der Waals surface area contributed by atoms with Gasteiger partial charge in [-0.15, -0.1) is 11.8 Å². The van der Waals surface area contributed by atoms with E-state index in [2.05, 4.69) is 9.97 Å². The van der Waals surface area contributed by atoms with Crippen LogP contribution in [0.4, 0.5) is 0 Å². The lowest BCUT2D eigenvalue weighted by Crippen LogP contribution is -2.11. The number of nitrogens with zero attached hydrogens (tertiary/aromatic N) is 2. The Bertz CT molecular complexity index is 1680. The van der Waals surface area contributed by atoms with Crippen molar-refractivity contribution in [1.82, 2.24) is 9.97 Å². The van der Waals surface area contributed by atoms with Crippen molar-refractivity contribution in [2.24, 2.45) is 0 Å². The highest BCUT2D eigenvalue weighted by atomic mass is 35.5. The molecule has 0 radical (unpaired) electrons. The van der Waals surface area contributed by atoms with Crippen LogP contribution in [0.3, 0.4) is 0 Å². The van der Waals surface area contributed by atoms with E-state index in [-0.39, 0.29) is 23.5 Å². The van der Waals surface area contributed by atoms with Gasteiger partial charge in [0, 0.05) is 21.7 Å². The average molecular weight is 565 g/mol. The van der Waals surface area contributed by atoms with Gasteiger partial charge < -0.3 is 23.4 Å². The van der Waals surface area contributed by atoms with Gasteiger partial charge in [-0.3, -0.25) is 4.79 Å². The minimum Gasteiger partial charge on any atom is -0.493 e. The summed E-state index contributed by atoms with van der Waals surface area (Å²) in [5, 5.41) is 2.80. The number of fused-ring (bicyclic) bond motifs is 2. The van der Waals surface area contributed by atoms with Crippen molar-refractivity contribution < 1.29 is 23.4 Å². The molecule has 0 saturated heterocycles. The Balaban J connectivity index is 1.42. The molecule has 0 aliphatic rings. The van der Waals surface area contributed by atoms with Gasteiger partial charge in [0.1, 0.15) is 16.9 Å². The summed E-state index contributed by atoms with van der Waals surface area (Å²) in [5.41, 5.74) is 1.58. The molecule has 0 atom stereocenters. The zero-order valence-electron chi connectivity index (χ0n) is 21.5. The highest BCUT2D eigenvalue weighted by Crippen LogP contribution is 2.43. The Hall–Kier alpha value is -3.95. The van der Waals surface area contributed by atoms with Crippen LogP contribution in [0.25, 0.3) is 33.2 Å². The zero-order chi connectivity index (χ0) is 27.4. The molecule has 5 aromatic rings. The van der Waals surface area contributed by atoms with Crippen LogP contribution in [-0.2, 0) is 0 Å². The number of aromatic nitrogens is 2. The van der Waals surface area contributed by atoms with Crippen LogP contribution in [0.2, 0.25) is 5.02 Å². The second-order valence-electron chi connectivity index (χ2n) is 8.39. The van der Waals surface area contributed by atoms with Gasteiger partial charge >= 0.3 is 0 Å². The van der Waals surface area contributed by atoms with Gasteiger partial charge in [0.15, 0.2) is 17.3 Å². The van der Waals surface area contributed by atoms with Gasteiger partial charge in [-0.25, -0.2) is 9.97 Å². The molecule has 0 unspecified atom stereocenters. The summed E-state index contributed by atoms with van der Waals surface area (Å²) in [6, 6.07) is 16.1. The third-order valence-corrected chi connectivity index (χ3v) is 7.34. The largest absolute Gasteiger partial charge is 0.493 e. The first-order chi connectivity index (χ1) is 19.0. The molecule has 2 heterocycles. The molecular formula is C29H25ClN2O6S. The molecule has 0 amide bonds. The predicted octanol–water partition coefficient (Wildman–Crippen LogP) is 6.64. The lowest BCUT2D eigenvalue weighted by atomic mass is 10.1. The summed E-state index contributed by atoms with van der Waals surface area (Å²) in [4.78, 5) is 22.2. The van der Waals surface area contributed by atoms with Crippen LogP contribution >= 0.6 is 23.4 Å².